The lowest BCUT2D eigenvalue weighted by Crippen LogP contribution is -2.30. The maximum Gasteiger partial charge on any atom is 0.335 e. The third kappa shape index (κ3) is 2.43. The summed E-state index contributed by atoms with van der Waals surface area (Å²) in [5.41, 5.74) is -2.39. The number of aromatic carboxylic acids is 1. The molecule has 0 aromatic heterocycles. The summed E-state index contributed by atoms with van der Waals surface area (Å²) in [5.74, 6) is -3.16. The van der Waals surface area contributed by atoms with Crippen LogP contribution in [0.1, 0.15) is 31.1 Å². The van der Waals surface area contributed by atoms with Gasteiger partial charge in [-0.15, -0.1) is 0 Å². The highest BCUT2D eigenvalue weighted by Crippen LogP contribution is 2.37. The second kappa shape index (κ2) is 5.73. The molecule has 0 fully saturated rings. The molecule has 0 aliphatic carbocycles. The van der Waals surface area contributed by atoms with Gasteiger partial charge in [0.1, 0.15) is 5.69 Å². The summed E-state index contributed by atoms with van der Waals surface area (Å²) in [6.07, 6.45) is 0. The van der Waals surface area contributed by atoms with Gasteiger partial charge in [0.15, 0.2) is 0 Å². The normalized spacial score (nSPS) is 12.8. The molecule has 130 valence electrons. The highest BCUT2D eigenvalue weighted by Gasteiger charge is 2.40. The number of fused-ring (bicyclic) bond motifs is 1. The van der Waals surface area contributed by atoms with E-state index in [0.29, 0.717) is 11.0 Å². The predicted molar refractivity (Wildman–Crippen MR) is 84.3 cm³/mol. The zero-order chi connectivity index (χ0) is 19.2. The van der Waals surface area contributed by atoms with E-state index in [2.05, 4.69) is 0 Å². The van der Waals surface area contributed by atoms with Gasteiger partial charge in [0.2, 0.25) is 0 Å². The van der Waals surface area contributed by atoms with Crippen molar-refractivity contribution in [3.8, 4) is 0 Å². The van der Waals surface area contributed by atoms with Crippen LogP contribution >= 0.6 is 0 Å². The molecule has 2 amide bonds. The Hall–Kier alpha value is -4.15. The summed E-state index contributed by atoms with van der Waals surface area (Å²) in [5, 5.41) is 31.0. The Kier molecular flexibility index (Phi) is 3.68. The third-order valence-corrected chi connectivity index (χ3v) is 3.74. The second-order valence-corrected chi connectivity index (χ2v) is 5.20. The van der Waals surface area contributed by atoms with Crippen LogP contribution in [0.3, 0.4) is 0 Å². The van der Waals surface area contributed by atoms with Crippen LogP contribution < -0.4 is 4.90 Å². The number of amides is 2. The van der Waals surface area contributed by atoms with Gasteiger partial charge in [-0.3, -0.25) is 29.8 Å². The molecule has 1 N–H and O–H groups in total. The molecule has 2 aromatic carbocycles. The van der Waals surface area contributed by atoms with Gasteiger partial charge in [-0.2, -0.15) is 0 Å². The number of hydrogen-bond donors (Lipinski definition) is 1. The van der Waals surface area contributed by atoms with Crippen molar-refractivity contribution in [3.05, 3.63) is 73.3 Å². The van der Waals surface area contributed by atoms with Crippen molar-refractivity contribution in [1.82, 2.24) is 0 Å². The highest BCUT2D eigenvalue weighted by atomic mass is 16.6. The molecule has 11 heteroatoms. The first-order chi connectivity index (χ1) is 12.2. The molecule has 1 aliphatic heterocycles. The number of rotatable bonds is 4. The molecule has 0 spiro atoms. The molecular formula is C15H7N3O8. The summed E-state index contributed by atoms with van der Waals surface area (Å²) in [6.45, 7) is 0. The fraction of sp³-hybridized carbons (Fsp3) is 0. The van der Waals surface area contributed by atoms with Crippen molar-refractivity contribution in [3.63, 3.8) is 0 Å². The van der Waals surface area contributed by atoms with Crippen LogP contribution in [0.4, 0.5) is 17.1 Å². The largest absolute Gasteiger partial charge is 0.478 e. The zero-order valence-electron chi connectivity index (χ0n) is 12.6. The van der Waals surface area contributed by atoms with Crippen LogP contribution in [-0.2, 0) is 0 Å². The monoisotopic (exact) mass is 357 g/mol. The van der Waals surface area contributed by atoms with Crippen molar-refractivity contribution in [2.24, 2.45) is 0 Å². The molecule has 3 rings (SSSR count). The average molecular weight is 357 g/mol. The maximum absolute atomic E-state index is 12.5. The van der Waals surface area contributed by atoms with Crippen molar-refractivity contribution < 1.29 is 29.3 Å². The van der Waals surface area contributed by atoms with Gasteiger partial charge in [-0.25, -0.2) is 9.69 Å². The Morgan fingerprint density at radius 2 is 1.58 bits per heavy atom. The molecule has 0 saturated heterocycles. The predicted octanol–water partition coefficient (Wildman–Crippen LogP) is 2.00. The van der Waals surface area contributed by atoms with Gasteiger partial charge in [0.25, 0.3) is 23.2 Å². The fourth-order valence-corrected chi connectivity index (χ4v) is 2.55. The van der Waals surface area contributed by atoms with Gasteiger partial charge in [-0.1, -0.05) is 0 Å². The molecule has 1 aliphatic rings. The molecular weight excluding hydrogens is 350 g/mol. The van der Waals surface area contributed by atoms with E-state index in [-0.39, 0.29) is 16.7 Å². The second-order valence-electron chi connectivity index (χ2n) is 5.20. The minimum absolute atomic E-state index is 0.118. The lowest BCUT2D eigenvalue weighted by atomic mass is 10.1. The van der Waals surface area contributed by atoms with E-state index in [0.717, 1.165) is 30.3 Å². The van der Waals surface area contributed by atoms with Crippen LogP contribution in [0.15, 0.2) is 36.4 Å². The quantitative estimate of drug-likeness (QED) is 0.493. The number of benzene rings is 2. The van der Waals surface area contributed by atoms with Crippen molar-refractivity contribution >= 4 is 34.8 Å². The summed E-state index contributed by atoms with van der Waals surface area (Å²) >= 11 is 0. The van der Waals surface area contributed by atoms with Crippen molar-refractivity contribution in [2.75, 3.05) is 4.90 Å². The van der Waals surface area contributed by atoms with Crippen LogP contribution in [0.5, 0.6) is 0 Å². The number of nitrogens with zero attached hydrogens (tertiary/aromatic N) is 3. The molecule has 0 unspecified atom stereocenters. The fourth-order valence-electron chi connectivity index (χ4n) is 2.55. The minimum Gasteiger partial charge on any atom is -0.478 e. The number of nitro benzene ring substituents is 2. The van der Waals surface area contributed by atoms with Crippen LogP contribution in [-0.4, -0.2) is 32.7 Å². The van der Waals surface area contributed by atoms with E-state index in [1.54, 1.807) is 0 Å². The number of carbonyl (C=O) groups excluding carboxylic acids is 2. The van der Waals surface area contributed by atoms with Gasteiger partial charge in [-0.05, 0) is 24.3 Å². The smallest absolute Gasteiger partial charge is 0.335 e. The average Bonchev–Trinajstić information content (AvgIpc) is 2.84. The topological polar surface area (TPSA) is 161 Å². The SMILES string of the molecule is O=C(O)c1ccc2c(c1)C(=O)N(c1ccc([N+](=O)[O-])cc1[N+](=O)[O-])C2=O. The lowest BCUT2D eigenvalue weighted by Gasteiger charge is -2.13. The lowest BCUT2D eigenvalue weighted by molar-refractivity contribution is -0.393. The third-order valence-electron chi connectivity index (χ3n) is 3.74. The van der Waals surface area contributed by atoms with E-state index in [4.69, 9.17) is 5.11 Å². The first kappa shape index (κ1) is 16.7. The Bertz CT molecular complexity index is 1030. The number of carboxylic acids is 1. The van der Waals surface area contributed by atoms with E-state index >= 15 is 0 Å². The summed E-state index contributed by atoms with van der Waals surface area (Å²) in [4.78, 5) is 56.8. The standard InChI is InChI=1S/C15H7N3O8/c19-13-9-3-1-7(15(21)22)5-10(9)14(20)16(13)11-4-2-8(17(23)24)6-12(11)18(25)26/h1-6H,(H,21,22). The Labute approximate surface area is 143 Å². The molecule has 0 atom stereocenters. The number of nitro groups is 2. The van der Waals surface area contributed by atoms with Crippen LogP contribution in [0, 0.1) is 20.2 Å². The Balaban J connectivity index is 2.15. The van der Waals surface area contributed by atoms with E-state index in [1.165, 1.54) is 0 Å². The number of carbonyl (C=O) groups is 3. The zero-order valence-corrected chi connectivity index (χ0v) is 12.6. The molecule has 2 aromatic rings. The van der Waals surface area contributed by atoms with Gasteiger partial charge < -0.3 is 5.11 Å². The van der Waals surface area contributed by atoms with Crippen molar-refractivity contribution in [2.45, 2.75) is 0 Å². The molecule has 11 nitrogen and oxygen atoms in total. The molecule has 26 heavy (non-hydrogen) atoms. The molecule has 0 bridgehead atoms. The molecule has 0 saturated carbocycles. The summed E-state index contributed by atoms with van der Waals surface area (Å²) < 4.78 is 0. The first-order valence-corrected chi connectivity index (χ1v) is 6.91. The van der Waals surface area contributed by atoms with Crippen LogP contribution in [0.2, 0.25) is 0 Å². The molecule has 0 radical (unpaired) electrons. The highest BCUT2D eigenvalue weighted by molar-refractivity contribution is 6.35. The number of hydrogen-bond acceptors (Lipinski definition) is 7. The molecule has 1 heterocycles. The van der Waals surface area contributed by atoms with Crippen molar-refractivity contribution in [1.29, 1.82) is 0 Å². The number of non-ortho nitro benzene ring substituents is 1. The van der Waals surface area contributed by atoms with E-state index in [9.17, 15) is 34.6 Å². The maximum atomic E-state index is 12.5. The summed E-state index contributed by atoms with van der Waals surface area (Å²) in [7, 11) is 0. The summed E-state index contributed by atoms with van der Waals surface area (Å²) in [6, 6.07) is 5.75. The first-order valence-electron chi connectivity index (χ1n) is 6.91. The van der Waals surface area contributed by atoms with E-state index < -0.39 is 44.7 Å². The van der Waals surface area contributed by atoms with Gasteiger partial charge in [0.05, 0.1) is 32.6 Å². The minimum atomic E-state index is -1.31. The Morgan fingerprint density at radius 3 is 2.15 bits per heavy atom. The van der Waals surface area contributed by atoms with Gasteiger partial charge in [0, 0.05) is 6.07 Å². The van der Waals surface area contributed by atoms with E-state index in [1.807, 2.05) is 0 Å². The van der Waals surface area contributed by atoms with Gasteiger partial charge >= 0.3 is 5.97 Å². The number of anilines is 1. The van der Waals surface area contributed by atoms with Crippen LogP contribution in [0.25, 0.3) is 0 Å². The number of imide groups is 1. The Morgan fingerprint density at radius 1 is 0.923 bits per heavy atom. The number of carboxylic acid groups (broad SMARTS) is 1.